The summed E-state index contributed by atoms with van der Waals surface area (Å²) < 4.78 is 39.1. The van der Waals surface area contributed by atoms with Crippen molar-refractivity contribution in [1.29, 1.82) is 0 Å². The van der Waals surface area contributed by atoms with E-state index in [2.05, 4.69) is 15.8 Å². The average Bonchev–Trinajstić information content (AvgIpc) is 3.26. The minimum absolute atomic E-state index is 0.0129. The molecule has 0 bridgehead atoms. The molecule has 3 amide bonds. The van der Waals surface area contributed by atoms with Crippen LogP contribution in [0, 0.1) is 19.8 Å². The highest BCUT2D eigenvalue weighted by Crippen LogP contribution is 2.31. The normalized spacial score (nSPS) is 18.1. The molecule has 0 saturated heterocycles. The number of fused-ring (bicyclic) bond motifs is 1. The number of carbonyl (C=O) groups is 2. The van der Waals surface area contributed by atoms with Gasteiger partial charge in [0.2, 0.25) is 10.0 Å². The van der Waals surface area contributed by atoms with Gasteiger partial charge in [-0.05, 0) is 63.2 Å². The van der Waals surface area contributed by atoms with E-state index >= 15 is 0 Å². The molecular formula is C28H34ClN5O7S. The van der Waals surface area contributed by atoms with Crippen LogP contribution in [0.15, 0.2) is 51.9 Å². The third-order valence-corrected chi connectivity index (χ3v) is 9.24. The molecule has 12 nitrogen and oxygen atoms in total. The fourth-order valence-corrected chi connectivity index (χ4v) is 5.90. The number of aryl methyl sites for hydroxylation is 2. The summed E-state index contributed by atoms with van der Waals surface area (Å²) in [4.78, 5) is 28.0. The molecule has 2 heterocycles. The van der Waals surface area contributed by atoms with Crippen molar-refractivity contribution in [3.8, 4) is 5.75 Å². The highest BCUT2D eigenvalue weighted by molar-refractivity contribution is 7.89. The molecule has 3 aromatic rings. The van der Waals surface area contributed by atoms with Crippen LogP contribution < -0.4 is 15.4 Å². The Morgan fingerprint density at radius 3 is 2.52 bits per heavy atom. The summed E-state index contributed by atoms with van der Waals surface area (Å²) in [5.74, 6) is -0.0340. The smallest absolute Gasteiger partial charge is 0.323 e. The van der Waals surface area contributed by atoms with Crippen molar-refractivity contribution < 1.29 is 32.4 Å². The maximum absolute atomic E-state index is 13.7. The fourth-order valence-electron chi connectivity index (χ4n) is 4.59. The van der Waals surface area contributed by atoms with Crippen molar-refractivity contribution in [3.63, 3.8) is 0 Å². The molecule has 3 atom stereocenters. The van der Waals surface area contributed by atoms with Gasteiger partial charge >= 0.3 is 6.03 Å². The molecule has 42 heavy (non-hydrogen) atoms. The van der Waals surface area contributed by atoms with Gasteiger partial charge < -0.3 is 29.9 Å². The van der Waals surface area contributed by atoms with Gasteiger partial charge in [-0.1, -0.05) is 23.7 Å². The number of amides is 3. The SMILES string of the molecule is Cc1noc(C)c1NC(=O)Nc1ccc2c(c1)C(=O)N([C@@H](C)CO)C[C@@H](C)[C@@H](CN(C)S(=O)(=O)c1ccc(Cl)cc1)O2. The fraction of sp³-hybridized carbons (Fsp3) is 0.393. The van der Waals surface area contributed by atoms with E-state index in [-0.39, 0.29) is 41.8 Å². The number of likely N-dealkylation sites (N-methyl/N-ethyl adjacent to an activating group) is 1. The van der Waals surface area contributed by atoms with Crippen LogP contribution >= 0.6 is 11.6 Å². The molecule has 0 spiro atoms. The Kier molecular flexibility index (Phi) is 9.46. The van der Waals surface area contributed by atoms with Gasteiger partial charge in [0.05, 0.1) is 29.7 Å². The first-order valence-electron chi connectivity index (χ1n) is 13.3. The summed E-state index contributed by atoms with van der Waals surface area (Å²) in [6.07, 6.45) is -0.654. The monoisotopic (exact) mass is 619 g/mol. The molecule has 14 heteroatoms. The number of urea groups is 1. The van der Waals surface area contributed by atoms with Crippen LogP contribution in [-0.2, 0) is 10.0 Å². The first kappa shape index (κ1) is 31.3. The number of nitrogens with one attached hydrogen (secondary N) is 2. The van der Waals surface area contributed by atoms with E-state index in [1.54, 1.807) is 32.9 Å². The zero-order valence-electron chi connectivity index (χ0n) is 23.9. The van der Waals surface area contributed by atoms with Crippen molar-refractivity contribution in [2.75, 3.05) is 37.4 Å². The topological polar surface area (TPSA) is 154 Å². The Labute approximate surface area is 249 Å². The first-order chi connectivity index (χ1) is 19.8. The Hall–Kier alpha value is -3.65. The van der Waals surface area contributed by atoms with Crippen molar-refractivity contribution in [3.05, 3.63) is 64.5 Å². The standard InChI is InChI=1S/C28H34ClN5O7S/c1-16-13-34(17(2)15-35)27(36)23-12-21(30-28(37)31-26-18(3)32-41-19(26)4)8-11-24(23)40-25(16)14-33(5)42(38,39)22-9-6-20(29)7-10-22/h6-12,16-17,25,35H,13-15H2,1-5H3,(H2,30,31,37)/t16-,17+,25-/m1/s1. The van der Waals surface area contributed by atoms with Crippen LogP contribution in [0.25, 0.3) is 0 Å². The number of benzene rings is 2. The molecule has 0 radical (unpaired) electrons. The van der Waals surface area contributed by atoms with Crippen molar-refractivity contribution in [2.24, 2.45) is 5.92 Å². The molecule has 226 valence electrons. The van der Waals surface area contributed by atoms with Crippen LogP contribution in [-0.4, -0.2) is 78.7 Å². The predicted molar refractivity (Wildman–Crippen MR) is 157 cm³/mol. The van der Waals surface area contributed by atoms with E-state index in [1.807, 2.05) is 6.92 Å². The van der Waals surface area contributed by atoms with Gasteiger partial charge in [-0.25, -0.2) is 13.2 Å². The number of sulfonamides is 1. The van der Waals surface area contributed by atoms with Crippen LogP contribution in [0.4, 0.5) is 16.2 Å². The molecule has 4 rings (SSSR count). The molecule has 1 aliphatic rings. The lowest BCUT2D eigenvalue weighted by Crippen LogP contribution is -2.50. The van der Waals surface area contributed by atoms with Crippen molar-refractivity contribution in [1.82, 2.24) is 14.4 Å². The largest absolute Gasteiger partial charge is 0.488 e. The second-order valence-electron chi connectivity index (χ2n) is 10.4. The second kappa shape index (κ2) is 12.7. The van der Waals surface area contributed by atoms with E-state index < -0.39 is 34.1 Å². The minimum Gasteiger partial charge on any atom is -0.488 e. The highest BCUT2D eigenvalue weighted by Gasteiger charge is 2.35. The molecule has 2 aromatic carbocycles. The Bertz CT molecular complexity index is 1540. The number of aliphatic hydroxyl groups is 1. The maximum atomic E-state index is 13.7. The van der Waals surface area contributed by atoms with E-state index in [1.165, 1.54) is 46.6 Å². The molecular weight excluding hydrogens is 586 g/mol. The van der Waals surface area contributed by atoms with Gasteiger partial charge in [0.1, 0.15) is 23.2 Å². The van der Waals surface area contributed by atoms with Crippen LogP contribution in [0.5, 0.6) is 5.75 Å². The second-order valence-corrected chi connectivity index (χ2v) is 12.8. The number of hydrogen-bond donors (Lipinski definition) is 3. The maximum Gasteiger partial charge on any atom is 0.323 e. The number of anilines is 2. The number of aliphatic hydroxyl groups excluding tert-OH is 1. The minimum atomic E-state index is -3.86. The lowest BCUT2D eigenvalue weighted by molar-refractivity contribution is 0.0387. The van der Waals surface area contributed by atoms with Gasteiger partial charge in [0.15, 0.2) is 5.76 Å². The number of halogens is 1. The predicted octanol–water partition coefficient (Wildman–Crippen LogP) is 4.13. The van der Waals surface area contributed by atoms with Crippen molar-refractivity contribution >= 4 is 44.9 Å². The molecule has 3 N–H and O–H groups in total. The Morgan fingerprint density at radius 2 is 1.90 bits per heavy atom. The van der Waals surface area contributed by atoms with E-state index in [0.29, 0.717) is 27.9 Å². The highest BCUT2D eigenvalue weighted by atomic mass is 35.5. The lowest BCUT2D eigenvalue weighted by atomic mass is 9.99. The summed E-state index contributed by atoms with van der Waals surface area (Å²) >= 11 is 5.93. The van der Waals surface area contributed by atoms with Crippen molar-refractivity contribution in [2.45, 2.75) is 44.7 Å². The number of rotatable bonds is 8. The van der Waals surface area contributed by atoms with E-state index in [0.717, 1.165) is 0 Å². The summed E-state index contributed by atoms with van der Waals surface area (Å²) in [6.45, 7) is 6.85. The van der Waals surface area contributed by atoms with Gasteiger partial charge in [0, 0.05) is 30.2 Å². The summed E-state index contributed by atoms with van der Waals surface area (Å²) in [5, 5.41) is 19.5. The van der Waals surface area contributed by atoms with Gasteiger partial charge in [0.25, 0.3) is 5.91 Å². The molecule has 1 aromatic heterocycles. The quantitative estimate of drug-likeness (QED) is 0.340. The third kappa shape index (κ3) is 6.70. The third-order valence-electron chi connectivity index (χ3n) is 7.15. The molecule has 0 unspecified atom stereocenters. The summed E-state index contributed by atoms with van der Waals surface area (Å²) in [7, 11) is -2.40. The van der Waals surface area contributed by atoms with Crippen LogP contribution in [0.2, 0.25) is 5.02 Å². The molecule has 0 fully saturated rings. The summed E-state index contributed by atoms with van der Waals surface area (Å²) in [6, 6.07) is 9.42. The average molecular weight is 620 g/mol. The summed E-state index contributed by atoms with van der Waals surface area (Å²) in [5.41, 5.74) is 1.43. The Balaban J connectivity index is 1.62. The van der Waals surface area contributed by atoms with Gasteiger partial charge in [-0.15, -0.1) is 0 Å². The van der Waals surface area contributed by atoms with E-state index in [4.69, 9.17) is 20.9 Å². The van der Waals surface area contributed by atoms with Gasteiger partial charge in [-0.3, -0.25) is 4.79 Å². The zero-order valence-corrected chi connectivity index (χ0v) is 25.5. The molecule has 0 aliphatic carbocycles. The molecule has 1 aliphatic heterocycles. The number of carbonyl (C=O) groups excluding carboxylic acids is 2. The van der Waals surface area contributed by atoms with E-state index in [9.17, 15) is 23.1 Å². The number of nitrogens with zero attached hydrogens (tertiary/aromatic N) is 3. The number of aromatic nitrogens is 1. The number of hydrogen-bond acceptors (Lipinski definition) is 8. The lowest BCUT2D eigenvalue weighted by Gasteiger charge is -2.38. The van der Waals surface area contributed by atoms with Gasteiger partial charge in [-0.2, -0.15) is 4.31 Å². The van der Waals surface area contributed by atoms with Crippen LogP contribution in [0.3, 0.4) is 0 Å². The Morgan fingerprint density at radius 1 is 1.21 bits per heavy atom. The molecule has 0 saturated carbocycles. The van der Waals surface area contributed by atoms with Crippen LogP contribution in [0.1, 0.15) is 35.7 Å². The zero-order chi connectivity index (χ0) is 30.8. The first-order valence-corrected chi connectivity index (χ1v) is 15.1. The number of ether oxygens (including phenoxy) is 1.